The van der Waals surface area contributed by atoms with E-state index in [2.05, 4.69) is 0 Å². The second-order valence-corrected chi connectivity index (χ2v) is 9.37. The molecule has 4 rings (SSSR count). The number of rotatable bonds is 7. The predicted molar refractivity (Wildman–Crippen MR) is 134 cm³/mol. The largest absolute Gasteiger partial charge is 0.504 e. The molecule has 2 aromatic carbocycles. The molecule has 7 nitrogen and oxygen atoms in total. The van der Waals surface area contributed by atoms with Crippen LogP contribution in [0.3, 0.4) is 0 Å². The van der Waals surface area contributed by atoms with Gasteiger partial charge in [-0.25, -0.2) is 9.59 Å². The molecular formula is C26H24ClNO6S. The highest BCUT2D eigenvalue weighted by Crippen LogP contribution is 2.38. The molecular weight excluding hydrogens is 490 g/mol. The van der Waals surface area contributed by atoms with Crippen molar-refractivity contribution in [3.63, 3.8) is 0 Å². The minimum absolute atomic E-state index is 0.0226. The molecule has 0 spiro atoms. The number of carbonyl (C=O) groups is 2. The maximum Gasteiger partial charge on any atom is 0.336 e. The molecule has 0 radical (unpaired) electrons. The number of nitrogens with zero attached hydrogens (tertiary/aromatic N) is 1. The minimum Gasteiger partial charge on any atom is -0.504 e. The lowest BCUT2D eigenvalue weighted by Crippen LogP contribution is -2.38. The van der Waals surface area contributed by atoms with Crippen LogP contribution in [0.2, 0.25) is 5.02 Å². The zero-order valence-electron chi connectivity index (χ0n) is 19.2. The lowest BCUT2D eigenvalue weighted by atomic mass is 10.0. The highest BCUT2D eigenvalue weighted by Gasteiger charge is 2.33. The number of hydrogen-bond donors (Lipinski definition) is 1. The zero-order valence-corrected chi connectivity index (χ0v) is 20.8. The molecule has 1 N–H and O–H groups in total. The summed E-state index contributed by atoms with van der Waals surface area (Å²) in [4.78, 5) is 28.2. The van der Waals surface area contributed by atoms with Gasteiger partial charge in [-0.1, -0.05) is 35.9 Å². The fraction of sp³-hybridized carbons (Fsp3) is 0.231. The van der Waals surface area contributed by atoms with Crippen LogP contribution in [0.4, 0.5) is 0 Å². The number of ether oxygens (including phenoxy) is 3. The Bertz CT molecular complexity index is 1270. The molecule has 0 amide bonds. The van der Waals surface area contributed by atoms with Crippen LogP contribution >= 0.6 is 22.9 Å². The van der Waals surface area contributed by atoms with Crippen LogP contribution < -0.4 is 9.47 Å². The summed E-state index contributed by atoms with van der Waals surface area (Å²) in [5.41, 5.74) is 2.38. The molecule has 3 aromatic rings. The van der Waals surface area contributed by atoms with Crippen molar-refractivity contribution in [1.29, 1.82) is 0 Å². The van der Waals surface area contributed by atoms with E-state index in [1.165, 1.54) is 37.7 Å². The number of phenolic OH excluding ortho intramolecular Hbond substituents is 1. The van der Waals surface area contributed by atoms with E-state index in [0.717, 1.165) is 10.4 Å². The van der Waals surface area contributed by atoms with Crippen molar-refractivity contribution < 1.29 is 28.9 Å². The molecule has 35 heavy (non-hydrogen) atoms. The molecule has 0 fully saturated rings. The van der Waals surface area contributed by atoms with Gasteiger partial charge in [-0.15, -0.1) is 11.3 Å². The molecule has 0 bridgehead atoms. The summed E-state index contributed by atoms with van der Waals surface area (Å²) in [5.74, 6) is -0.553. The lowest BCUT2D eigenvalue weighted by molar-refractivity contribution is -0.147. The fourth-order valence-corrected chi connectivity index (χ4v) is 5.23. The topological polar surface area (TPSA) is 85.3 Å². The molecule has 1 aliphatic heterocycles. The van der Waals surface area contributed by atoms with Gasteiger partial charge in [0.05, 0.1) is 14.2 Å². The fourth-order valence-electron chi connectivity index (χ4n) is 3.97. The number of esters is 2. The number of thiophene rings is 1. The first-order valence-corrected chi connectivity index (χ1v) is 12.0. The van der Waals surface area contributed by atoms with Crippen LogP contribution in [0.1, 0.15) is 27.6 Å². The standard InChI is InChI=1S/C26H24ClNO6S/c1-32-21-13-16(7-9-20(21)29)8-10-23(30)34-24-14-17-15-28(12-11-22(17)35-24)25(26(31)33-2)18-5-3-4-6-19(18)27/h3-10,13-14,25,29H,11-12,15H2,1-2H3/b10-8+/t25-/m0/s1. The van der Waals surface area contributed by atoms with E-state index in [9.17, 15) is 14.7 Å². The minimum atomic E-state index is -0.627. The first kappa shape index (κ1) is 24.8. The predicted octanol–water partition coefficient (Wildman–Crippen LogP) is 5.01. The van der Waals surface area contributed by atoms with Gasteiger partial charge in [-0.3, -0.25) is 4.90 Å². The Morgan fingerprint density at radius 1 is 1.17 bits per heavy atom. The smallest absolute Gasteiger partial charge is 0.336 e. The third kappa shape index (κ3) is 5.67. The molecule has 1 aliphatic rings. The molecule has 1 atom stereocenters. The van der Waals surface area contributed by atoms with Gasteiger partial charge in [0.25, 0.3) is 0 Å². The quantitative estimate of drug-likeness (QED) is 0.351. The number of methoxy groups -OCH3 is 2. The first-order valence-electron chi connectivity index (χ1n) is 10.8. The van der Waals surface area contributed by atoms with Crippen molar-refractivity contribution in [3.8, 4) is 16.6 Å². The van der Waals surface area contributed by atoms with E-state index in [0.29, 0.717) is 46.5 Å². The number of benzene rings is 2. The second-order valence-electron chi connectivity index (χ2n) is 7.87. The zero-order chi connectivity index (χ0) is 24.9. The van der Waals surface area contributed by atoms with Gasteiger partial charge < -0.3 is 19.3 Å². The average Bonchev–Trinajstić information content (AvgIpc) is 3.26. The highest BCUT2D eigenvalue weighted by molar-refractivity contribution is 7.14. The van der Waals surface area contributed by atoms with Gasteiger partial charge in [0.2, 0.25) is 0 Å². The molecule has 0 aliphatic carbocycles. The van der Waals surface area contributed by atoms with Crippen LogP contribution in [0.5, 0.6) is 16.6 Å². The molecule has 182 valence electrons. The summed E-state index contributed by atoms with van der Waals surface area (Å²) in [6.07, 6.45) is 3.62. The number of fused-ring (bicyclic) bond motifs is 1. The lowest BCUT2D eigenvalue weighted by Gasteiger charge is -2.33. The Balaban J connectivity index is 1.46. The van der Waals surface area contributed by atoms with Gasteiger partial charge in [0.1, 0.15) is 6.04 Å². The Morgan fingerprint density at radius 3 is 2.71 bits per heavy atom. The molecule has 1 aromatic heterocycles. The molecule has 2 heterocycles. The Hall–Kier alpha value is -3.33. The Morgan fingerprint density at radius 2 is 1.97 bits per heavy atom. The first-order chi connectivity index (χ1) is 16.9. The summed E-state index contributed by atoms with van der Waals surface area (Å²) in [7, 11) is 2.82. The van der Waals surface area contributed by atoms with E-state index in [-0.39, 0.29) is 11.7 Å². The van der Waals surface area contributed by atoms with Crippen molar-refractivity contribution in [2.45, 2.75) is 19.0 Å². The van der Waals surface area contributed by atoms with Gasteiger partial charge in [-0.05, 0) is 53.5 Å². The van der Waals surface area contributed by atoms with E-state index >= 15 is 0 Å². The molecule has 9 heteroatoms. The van der Waals surface area contributed by atoms with E-state index in [1.54, 1.807) is 24.3 Å². The number of carbonyl (C=O) groups excluding carboxylic acids is 2. The van der Waals surface area contributed by atoms with Crippen molar-refractivity contribution in [1.82, 2.24) is 4.90 Å². The number of hydrogen-bond acceptors (Lipinski definition) is 8. The molecule has 0 saturated carbocycles. The summed E-state index contributed by atoms with van der Waals surface area (Å²) < 4.78 is 15.7. The van der Waals surface area contributed by atoms with Crippen LogP contribution in [-0.2, 0) is 27.3 Å². The Kier molecular flexibility index (Phi) is 7.75. The van der Waals surface area contributed by atoms with Crippen molar-refractivity contribution >= 4 is 41.0 Å². The van der Waals surface area contributed by atoms with Gasteiger partial charge >= 0.3 is 11.9 Å². The van der Waals surface area contributed by atoms with Gasteiger partial charge in [-0.2, -0.15) is 0 Å². The average molecular weight is 514 g/mol. The van der Waals surface area contributed by atoms with E-state index in [4.69, 9.17) is 25.8 Å². The summed E-state index contributed by atoms with van der Waals surface area (Å²) >= 11 is 7.81. The van der Waals surface area contributed by atoms with Crippen molar-refractivity contribution in [2.75, 3.05) is 20.8 Å². The van der Waals surface area contributed by atoms with Gasteiger partial charge in [0.15, 0.2) is 16.6 Å². The third-order valence-electron chi connectivity index (χ3n) is 5.68. The van der Waals surface area contributed by atoms with Crippen LogP contribution in [0.15, 0.2) is 54.6 Å². The third-order valence-corrected chi connectivity index (χ3v) is 7.14. The summed E-state index contributed by atoms with van der Waals surface area (Å²) in [6, 6.07) is 13.2. The van der Waals surface area contributed by atoms with Gasteiger partial charge in [0, 0.05) is 29.1 Å². The van der Waals surface area contributed by atoms with Crippen LogP contribution in [-0.4, -0.2) is 42.7 Å². The SMILES string of the molecule is COC(=O)[C@H](c1ccccc1Cl)N1CCc2sc(OC(=O)/C=C/c3ccc(O)c(OC)c3)cc2C1. The normalized spacial score (nSPS) is 14.4. The summed E-state index contributed by atoms with van der Waals surface area (Å²) in [6.45, 7) is 1.13. The highest BCUT2D eigenvalue weighted by atomic mass is 35.5. The number of aromatic hydroxyl groups is 1. The summed E-state index contributed by atoms with van der Waals surface area (Å²) in [5, 5.41) is 10.7. The molecule has 0 unspecified atom stereocenters. The van der Waals surface area contributed by atoms with E-state index < -0.39 is 12.0 Å². The van der Waals surface area contributed by atoms with E-state index in [1.807, 2.05) is 29.2 Å². The number of phenols is 1. The molecule has 0 saturated heterocycles. The van der Waals surface area contributed by atoms with Crippen molar-refractivity contribution in [2.24, 2.45) is 0 Å². The van der Waals surface area contributed by atoms with Crippen molar-refractivity contribution in [3.05, 3.63) is 81.2 Å². The Labute approximate surface area is 212 Å². The number of halogens is 1. The second kappa shape index (κ2) is 10.9. The maximum atomic E-state index is 12.7. The maximum absolute atomic E-state index is 12.7. The van der Waals surface area contributed by atoms with Crippen LogP contribution in [0, 0.1) is 0 Å². The monoisotopic (exact) mass is 513 g/mol. The van der Waals surface area contributed by atoms with Crippen LogP contribution in [0.25, 0.3) is 6.08 Å².